The van der Waals surface area contributed by atoms with Gasteiger partial charge < -0.3 is 14.9 Å². The second-order valence-corrected chi connectivity index (χ2v) is 5.64. The van der Waals surface area contributed by atoms with Crippen molar-refractivity contribution in [3.05, 3.63) is 23.7 Å². The summed E-state index contributed by atoms with van der Waals surface area (Å²) >= 11 is 0. The number of piperidine rings is 1. The minimum absolute atomic E-state index is 0.0636. The summed E-state index contributed by atoms with van der Waals surface area (Å²) < 4.78 is 11.5. The molecule has 2 atom stereocenters. The molecular formula is C15H26N2O2. The third-order valence-electron chi connectivity index (χ3n) is 4.20. The van der Waals surface area contributed by atoms with Gasteiger partial charge in [-0.15, -0.1) is 0 Å². The molecule has 0 bridgehead atoms. The molecule has 2 unspecified atom stereocenters. The predicted molar refractivity (Wildman–Crippen MR) is 76.1 cm³/mol. The summed E-state index contributed by atoms with van der Waals surface area (Å²) in [5.74, 6) is 2.01. The third-order valence-corrected chi connectivity index (χ3v) is 4.20. The minimum atomic E-state index is -0.0636. The Kier molecular flexibility index (Phi) is 4.66. The van der Waals surface area contributed by atoms with Crippen molar-refractivity contribution in [3.63, 3.8) is 0 Å². The molecule has 1 aliphatic heterocycles. The monoisotopic (exact) mass is 266 g/mol. The minimum Gasteiger partial charge on any atom is -0.464 e. The van der Waals surface area contributed by atoms with Gasteiger partial charge in [0.25, 0.3) is 0 Å². The third kappa shape index (κ3) is 3.19. The normalized spacial score (nSPS) is 26.5. The van der Waals surface area contributed by atoms with Gasteiger partial charge in [-0.05, 0) is 38.4 Å². The molecule has 1 aliphatic rings. The van der Waals surface area contributed by atoms with Gasteiger partial charge in [0.05, 0.1) is 11.6 Å². The first-order valence-corrected chi connectivity index (χ1v) is 7.19. The number of hydrogen-bond acceptors (Lipinski definition) is 4. The Bertz CT molecular complexity index is 405. The molecule has 1 fully saturated rings. The zero-order chi connectivity index (χ0) is 13.9. The fourth-order valence-electron chi connectivity index (χ4n) is 2.89. The maximum Gasteiger partial charge on any atom is 0.122 e. The second-order valence-electron chi connectivity index (χ2n) is 5.64. The van der Waals surface area contributed by atoms with Gasteiger partial charge in [0, 0.05) is 26.6 Å². The lowest BCUT2D eigenvalue weighted by molar-refractivity contribution is -0.0627. The van der Waals surface area contributed by atoms with Crippen LogP contribution in [0.2, 0.25) is 0 Å². The quantitative estimate of drug-likeness (QED) is 0.889. The van der Waals surface area contributed by atoms with Gasteiger partial charge in [-0.25, -0.2) is 0 Å². The zero-order valence-corrected chi connectivity index (χ0v) is 12.3. The molecule has 0 spiro atoms. The summed E-state index contributed by atoms with van der Waals surface area (Å²) in [6.45, 7) is 6.82. The van der Waals surface area contributed by atoms with E-state index < -0.39 is 0 Å². The van der Waals surface area contributed by atoms with E-state index in [0.29, 0.717) is 6.54 Å². The van der Waals surface area contributed by atoms with E-state index in [4.69, 9.17) is 14.9 Å². The van der Waals surface area contributed by atoms with Crippen molar-refractivity contribution in [2.45, 2.75) is 44.8 Å². The maximum absolute atomic E-state index is 5.97. The Hall–Kier alpha value is -0.840. The van der Waals surface area contributed by atoms with Gasteiger partial charge in [-0.1, -0.05) is 6.92 Å². The number of nitrogens with two attached hydrogens (primary N) is 1. The van der Waals surface area contributed by atoms with Crippen molar-refractivity contribution < 1.29 is 9.15 Å². The van der Waals surface area contributed by atoms with E-state index in [1.54, 1.807) is 7.11 Å². The molecule has 2 N–H and O–H groups in total. The van der Waals surface area contributed by atoms with Gasteiger partial charge in [-0.3, -0.25) is 4.90 Å². The van der Waals surface area contributed by atoms with E-state index in [1.807, 2.05) is 0 Å². The first kappa shape index (κ1) is 14.6. The average molecular weight is 266 g/mol. The summed E-state index contributed by atoms with van der Waals surface area (Å²) in [6, 6.07) is 4.28. The van der Waals surface area contributed by atoms with Gasteiger partial charge in [0.2, 0.25) is 0 Å². The topological polar surface area (TPSA) is 51.6 Å². The Labute approximate surface area is 115 Å². The Morgan fingerprint density at radius 3 is 2.89 bits per heavy atom. The molecule has 1 aromatic heterocycles. The molecule has 4 heteroatoms. The number of furan rings is 1. The fraction of sp³-hybridized carbons (Fsp3) is 0.733. The highest BCUT2D eigenvalue weighted by Crippen LogP contribution is 2.31. The molecule has 108 valence electrons. The van der Waals surface area contributed by atoms with Crippen molar-refractivity contribution in [1.82, 2.24) is 4.90 Å². The lowest BCUT2D eigenvalue weighted by Crippen LogP contribution is -2.49. The first-order valence-electron chi connectivity index (χ1n) is 7.19. The van der Waals surface area contributed by atoms with Crippen molar-refractivity contribution in [3.8, 4) is 0 Å². The van der Waals surface area contributed by atoms with Crippen LogP contribution in [-0.4, -0.2) is 37.2 Å². The smallest absolute Gasteiger partial charge is 0.122 e. The molecule has 19 heavy (non-hydrogen) atoms. The van der Waals surface area contributed by atoms with Crippen LogP contribution in [-0.2, 0) is 11.2 Å². The van der Waals surface area contributed by atoms with Crippen LogP contribution in [0.25, 0.3) is 0 Å². The summed E-state index contributed by atoms with van der Waals surface area (Å²) in [6.07, 6.45) is 3.17. The van der Waals surface area contributed by atoms with Crippen molar-refractivity contribution in [1.29, 1.82) is 0 Å². The molecule has 2 rings (SSSR count). The molecule has 0 radical (unpaired) electrons. The Morgan fingerprint density at radius 2 is 2.32 bits per heavy atom. The predicted octanol–water partition coefficient (Wildman–Crippen LogP) is 2.34. The standard InChI is InChI=1S/C15H26N2O2/c1-4-12-6-7-14(19-12)13(10-16)17-9-5-8-15(2,11-17)18-3/h6-7,13H,4-5,8-11,16H2,1-3H3. The second kappa shape index (κ2) is 6.07. The van der Waals surface area contributed by atoms with Gasteiger partial charge in [0.15, 0.2) is 0 Å². The number of likely N-dealkylation sites (tertiary alicyclic amines) is 1. The molecule has 4 nitrogen and oxygen atoms in total. The summed E-state index contributed by atoms with van der Waals surface area (Å²) in [7, 11) is 1.79. The van der Waals surface area contributed by atoms with Gasteiger partial charge in [-0.2, -0.15) is 0 Å². The zero-order valence-electron chi connectivity index (χ0n) is 12.3. The van der Waals surface area contributed by atoms with Crippen LogP contribution >= 0.6 is 0 Å². The molecule has 1 aromatic rings. The van der Waals surface area contributed by atoms with Crippen LogP contribution in [0.5, 0.6) is 0 Å². The molecule has 0 saturated carbocycles. The molecule has 1 saturated heterocycles. The van der Waals surface area contributed by atoms with Crippen molar-refractivity contribution >= 4 is 0 Å². The number of rotatable bonds is 5. The summed E-state index contributed by atoms with van der Waals surface area (Å²) in [4.78, 5) is 2.39. The van der Waals surface area contributed by atoms with E-state index in [2.05, 4.69) is 30.9 Å². The summed E-state index contributed by atoms with van der Waals surface area (Å²) in [5, 5.41) is 0. The van der Waals surface area contributed by atoms with Crippen LogP contribution in [0.3, 0.4) is 0 Å². The largest absolute Gasteiger partial charge is 0.464 e. The van der Waals surface area contributed by atoms with Crippen molar-refractivity contribution in [2.75, 3.05) is 26.7 Å². The SMILES string of the molecule is CCc1ccc(C(CN)N2CCCC(C)(OC)C2)o1. The number of nitrogens with zero attached hydrogens (tertiary/aromatic N) is 1. The number of ether oxygens (including phenoxy) is 1. The molecule has 0 aromatic carbocycles. The van der Waals surface area contributed by atoms with E-state index >= 15 is 0 Å². The highest BCUT2D eigenvalue weighted by atomic mass is 16.5. The highest BCUT2D eigenvalue weighted by molar-refractivity contribution is 5.12. The highest BCUT2D eigenvalue weighted by Gasteiger charge is 2.34. The van der Waals surface area contributed by atoms with Crippen LogP contribution < -0.4 is 5.73 Å². The first-order chi connectivity index (χ1) is 9.11. The number of aryl methyl sites for hydroxylation is 1. The van der Waals surface area contributed by atoms with Gasteiger partial charge >= 0.3 is 0 Å². The Balaban J connectivity index is 2.12. The average Bonchev–Trinajstić information content (AvgIpc) is 2.89. The molecular weight excluding hydrogens is 240 g/mol. The maximum atomic E-state index is 5.97. The lowest BCUT2D eigenvalue weighted by Gasteiger charge is -2.42. The van der Waals surface area contributed by atoms with Crippen molar-refractivity contribution in [2.24, 2.45) is 5.73 Å². The van der Waals surface area contributed by atoms with Crippen LogP contribution in [0.4, 0.5) is 0 Å². The van der Waals surface area contributed by atoms with E-state index in [-0.39, 0.29) is 11.6 Å². The van der Waals surface area contributed by atoms with Crippen LogP contribution in [0, 0.1) is 0 Å². The summed E-state index contributed by atoms with van der Waals surface area (Å²) in [5.41, 5.74) is 5.91. The van der Waals surface area contributed by atoms with Crippen LogP contribution in [0.1, 0.15) is 44.3 Å². The fourth-order valence-corrected chi connectivity index (χ4v) is 2.89. The number of methoxy groups -OCH3 is 1. The lowest BCUT2D eigenvalue weighted by atomic mass is 9.93. The van der Waals surface area contributed by atoms with E-state index in [1.165, 1.54) is 0 Å². The number of hydrogen-bond donors (Lipinski definition) is 1. The molecule has 0 aliphatic carbocycles. The van der Waals surface area contributed by atoms with Gasteiger partial charge in [0.1, 0.15) is 11.5 Å². The molecule has 2 heterocycles. The van der Waals surface area contributed by atoms with E-state index in [0.717, 1.165) is 43.9 Å². The van der Waals surface area contributed by atoms with E-state index in [9.17, 15) is 0 Å². The Morgan fingerprint density at radius 1 is 1.53 bits per heavy atom. The molecule has 0 amide bonds. The van der Waals surface area contributed by atoms with Crippen LogP contribution in [0.15, 0.2) is 16.5 Å².